The number of benzene rings is 1. The summed E-state index contributed by atoms with van der Waals surface area (Å²) < 4.78 is 11.2. The lowest BCUT2D eigenvalue weighted by atomic mass is 10.2. The Kier molecular flexibility index (Phi) is 12.8. The van der Waals surface area contributed by atoms with Crippen LogP contribution in [0.15, 0.2) is 27.9 Å². The van der Waals surface area contributed by atoms with Crippen molar-refractivity contribution in [2.75, 3.05) is 19.8 Å². The molecule has 146 valence electrons. The summed E-state index contributed by atoms with van der Waals surface area (Å²) in [5.41, 5.74) is 0. The quantitative estimate of drug-likeness (QED) is 0.187. The lowest BCUT2D eigenvalue weighted by Gasteiger charge is -2.12. The average Bonchev–Trinajstić information content (AvgIpc) is 2.58. The van der Waals surface area contributed by atoms with Gasteiger partial charge in [0.25, 0.3) is 0 Å². The van der Waals surface area contributed by atoms with Gasteiger partial charge in [-0.1, -0.05) is 71.3 Å². The first-order valence-electron chi connectivity index (χ1n) is 8.44. The number of oxime groups is 1. The van der Waals surface area contributed by atoms with E-state index in [1.54, 1.807) is 18.3 Å². The molecule has 0 aliphatic rings. The van der Waals surface area contributed by atoms with Crippen molar-refractivity contribution in [3.05, 3.63) is 32.7 Å². The van der Waals surface area contributed by atoms with Crippen molar-refractivity contribution in [2.24, 2.45) is 5.16 Å². The van der Waals surface area contributed by atoms with Crippen LogP contribution in [0.4, 0.5) is 0 Å². The van der Waals surface area contributed by atoms with Gasteiger partial charge < -0.3 is 14.3 Å². The predicted molar refractivity (Wildman–Crippen MR) is 110 cm³/mol. The van der Waals surface area contributed by atoms with Crippen LogP contribution in [0.2, 0.25) is 10.0 Å². The van der Waals surface area contributed by atoms with Crippen molar-refractivity contribution in [1.29, 1.82) is 0 Å². The van der Waals surface area contributed by atoms with Gasteiger partial charge in [0.2, 0.25) is 0 Å². The Bertz CT molecular complexity index is 567. The highest BCUT2D eigenvalue weighted by molar-refractivity contribution is 6.55. The van der Waals surface area contributed by atoms with Gasteiger partial charge in [0.1, 0.15) is 23.5 Å². The topological polar surface area (TPSA) is 40.0 Å². The van der Waals surface area contributed by atoms with E-state index in [4.69, 9.17) is 60.7 Å². The molecule has 26 heavy (non-hydrogen) atoms. The van der Waals surface area contributed by atoms with Crippen LogP contribution in [0, 0.1) is 0 Å². The smallest absolute Gasteiger partial charge is 0.156 e. The second-order valence-electron chi connectivity index (χ2n) is 5.34. The van der Waals surface area contributed by atoms with E-state index in [0.29, 0.717) is 41.2 Å². The fourth-order valence-electron chi connectivity index (χ4n) is 1.90. The van der Waals surface area contributed by atoms with E-state index in [1.165, 1.54) is 18.9 Å². The molecule has 0 aromatic heterocycles. The second-order valence-corrected chi connectivity index (χ2v) is 7.16. The Morgan fingerprint density at radius 3 is 2.42 bits per heavy atom. The molecule has 0 spiro atoms. The van der Waals surface area contributed by atoms with Gasteiger partial charge in [-0.05, 0) is 18.9 Å². The lowest BCUT2D eigenvalue weighted by Crippen LogP contribution is -2.02. The monoisotopic (exact) mass is 441 g/mol. The van der Waals surface area contributed by atoms with Crippen LogP contribution >= 0.6 is 46.4 Å². The van der Waals surface area contributed by atoms with Crippen molar-refractivity contribution in [2.45, 2.75) is 39.0 Å². The number of ether oxygens (including phenoxy) is 2. The molecule has 0 fully saturated rings. The summed E-state index contributed by atoms with van der Waals surface area (Å²) in [7, 11) is 0. The van der Waals surface area contributed by atoms with Crippen LogP contribution in [-0.4, -0.2) is 26.0 Å². The van der Waals surface area contributed by atoms with Gasteiger partial charge in [-0.15, -0.1) is 0 Å². The van der Waals surface area contributed by atoms with Crippen LogP contribution < -0.4 is 9.47 Å². The molecule has 1 rings (SSSR count). The van der Waals surface area contributed by atoms with Crippen LogP contribution in [0.5, 0.6) is 11.5 Å². The molecule has 0 radical (unpaired) electrons. The molecule has 4 nitrogen and oxygen atoms in total. The summed E-state index contributed by atoms with van der Waals surface area (Å²) in [5.74, 6) is 0.911. The minimum absolute atomic E-state index is 0.134. The van der Waals surface area contributed by atoms with Gasteiger partial charge in [0.05, 0.1) is 16.7 Å². The molecule has 0 aliphatic carbocycles. The number of halogens is 4. The third-order valence-electron chi connectivity index (χ3n) is 3.17. The van der Waals surface area contributed by atoms with Crippen LogP contribution in [0.25, 0.3) is 0 Å². The van der Waals surface area contributed by atoms with Gasteiger partial charge in [0, 0.05) is 24.8 Å². The summed E-state index contributed by atoms with van der Waals surface area (Å²) >= 11 is 23.4. The van der Waals surface area contributed by atoms with Crippen molar-refractivity contribution >= 4 is 52.6 Å². The fourth-order valence-corrected chi connectivity index (χ4v) is 2.60. The molecule has 0 bridgehead atoms. The van der Waals surface area contributed by atoms with E-state index >= 15 is 0 Å². The first-order chi connectivity index (χ1) is 12.5. The Balaban J connectivity index is 2.31. The highest BCUT2D eigenvalue weighted by Crippen LogP contribution is 2.37. The summed E-state index contributed by atoms with van der Waals surface area (Å²) in [6, 6.07) is 3.24. The van der Waals surface area contributed by atoms with Gasteiger partial charge in [-0.25, -0.2) is 0 Å². The molecule has 0 N–H and O–H groups in total. The molecule has 0 heterocycles. The Labute approximate surface area is 175 Å². The maximum Gasteiger partial charge on any atom is 0.156 e. The molecule has 8 heteroatoms. The first-order valence-corrected chi connectivity index (χ1v) is 9.95. The van der Waals surface area contributed by atoms with Crippen molar-refractivity contribution in [3.63, 3.8) is 0 Å². The highest BCUT2D eigenvalue weighted by atomic mass is 35.5. The van der Waals surface area contributed by atoms with Gasteiger partial charge >= 0.3 is 0 Å². The Morgan fingerprint density at radius 2 is 1.77 bits per heavy atom. The maximum atomic E-state index is 6.19. The SMILES string of the molecule is CCCCC/C=N/OCCCOc1c(Cl)cc(OCC=C(Cl)Cl)cc1Cl. The van der Waals surface area contributed by atoms with Crippen LogP contribution in [0.3, 0.4) is 0 Å². The number of unbranched alkanes of at least 4 members (excludes halogenated alkanes) is 3. The summed E-state index contributed by atoms with van der Waals surface area (Å²) in [6.45, 7) is 3.26. The second kappa shape index (κ2) is 14.3. The number of hydrogen-bond donors (Lipinski definition) is 0. The zero-order chi connectivity index (χ0) is 19.2. The minimum Gasteiger partial charge on any atom is -0.490 e. The third-order valence-corrected chi connectivity index (χ3v) is 4.04. The molecule has 0 atom stereocenters. The van der Waals surface area contributed by atoms with E-state index in [-0.39, 0.29) is 11.1 Å². The van der Waals surface area contributed by atoms with Crippen LogP contribution in [-0.2, 0) is 4.84 Å². The summed E-state index contributed by atoms with van der Waals surface area (Å²) in [4.78, 5) is 5.17. The van der Waals surface area contributed by atoms with Gasteiger partial charge in [-0.2, -0.15) is 0 Å². The predicted octanol–water partition coefficient (Wildman–Crippen LogP) is 7.04. The van der Waals surface area contributed by atoms with Crippen molar-refractivity contribution in [3.8, 4) is 11.5 Å². The van der Waals surface area contributed by atoms with E-state index in [2.05, 4.69) is 12.1 Å². The fraction of sp³-hybridized carbons (Fsp3) is 0.500. The molecule has 0 unspecified atom stereocenters. The van der Waals surface area contributed by atoms with E-state index in [1.807, 2.05) is 0 Å². The molecule has 0 saturated carbocycles. The van der Waals surface area contributed by atoms with Crippen molar-refractivity contribution < 1.29 is 14.3 Å². The normalized spacial score (nSPS) is 10.8. The van der Waals surface area contributed by atoms with Crippen LogP contribution in [0.1, 0.15) is 39.0 Å². The van der Waals surface area contributed by atoms with E-state index in [9.17, 15) is 0 Å². The molecule has 1 aromatic rings. The highest BCUT2D eigenvalue weighted by Gasteiger charge is 2.10. The summed E-state index contributed by atoms with van der Waals surface area (Å²) in [5, 5.41) is 4.63. The number of nitrogens with zero attached hydrogens (tertiary/aromatic N) is 1. The minimum atomic E-state index is 0.134. The Hall–Kier alpha value is -0.810. The van der Waals surface area contributed by atoms with Crippen molar-refractivity contribution in [1.82, 2.24) is 0 Å². The Morgan fingerprint density at radius 1 is 1.04 bits per heavy atom. The maximum absolute atomic E-state index is 6.19. The molecule has 1 aromatic carbocycles. The average molecular weight is 443 g/mol. The van der Waals surface area contributed by atoms with E-state index < -0.39 is 0 Å². The molecule has 0 amide bonds. The third kappa shape index (κ3) is 10.4. The lowest BCUT2D eigenvalue weighted by molar-refractivity contribution is 0.128. The number of hydrogen-bond acceptors (Lipinski definition) is 4. The summed E-state index contributed by atoms with van der Waals surface area (Å²) in [6.07, 6.45) is 8.47. The zero-order valence-corrected chi connectivity index (χ0v) is 17.7. The molecular formula is C18H23Cl4NO3. The standard InChI is InChI=1S/C18H23Cl4NO3/c1-2-3-4-5-8-23-26-10-6-9-25-18-15(19)12-14(13-16(18)20)24-11-7-17(21)22/h7-8,12-13H,2-6,9-11H2,1H3/b23-8+. The zero-order valence-electron chi connectivity index (χ0n) is 14.7. The van der Waals surface area contributed by atoms with Gasteiger partial charge in [-0.3, -0.25) is 0 Å². The first kappa shape index (κ1) is 23.2. The largest absolute Gasteiger partial charge is 0.490 e. The molecular weight excluding hydrogens is 420 g/mol. The number of rotatable bonds is 13. The molecule has 0 saturated heterocycles. The molecule has 0 aliphatic heterocycles. The van der Waals surface area contributed by atoms with E-state index in [0.717, 1.165) is 12.8 Å². The van der Waals surface area contributed by atoms with Gasteiger partial charge in [0.15, 0.2) is 5.75 Å².